The zero-order valence-corrected chi connectivity index (χ0v) is 17.2. The van der Waals surface area contributed by atoms with E-state index in [1.54, 1.807) is 60.7 Å². The number of H-pyrrole nitrogens is 1. The van der Waals surface area contributed by atoms with Gasteiger partial charge in [0.2, 0.25) is 5.54 Å². The Hall–Kier alpha value is -3.62. The number of nitrogens with one attached hydrogen (secondary N) is 2. The Kier molecular flexibility index (Phi) is 5.50. The van der Waals surface area contributed by atoms with Crippen LogP contribution in [0.25, 0.3) is 0 Å². The number of carbonyl (C=O) groups is 2. The highest BCUT2D eigenvalue weighted by Crippen LogP contribution is 2.44. The molecule has 4 rings (SSSR count). The summed E-state index contributed by atoms with van der Waals surface area (Å²) in [5, 5.41) is 8.91. The Morgan fingerprint density at radius 2 is 1.69 bits per heavy atom. The number of hydrogen-bond acceptors (Lipinski definition) is 3. The molecule has 166 valence electrons. The van der Waals surface area contributed by atoms with Crippen molar-refractivity contribution in [1.82, 2.24) is 20.4 Å². The Labute approximate surface area is 182 Å². The van der Waals surface area contributed by atoms with Crippen LogP contribution in [0.4, 0.5) is 13.2 Å². The molecule has 0 fully saturated rings. The van der Waals surface area contributed by atoms with Gasteiger partial charge in [0.1, 0.15) is 0 Å². The smallest absolute Gasteiger partial charge is 0.350 e. The number of aromatic amines is 1. The molecule has 0 saturated carbocycles. The third-order valence-electron chi connectivity index (χ3n) is 5.74. The van der Waals surface area contributed by atoms with Crippen LogP contribution in [0.1, 0.15) is 32.9 Å². The van der Waals surface area contributed by atoms with E-state index in [-0.39, 0.29) is 24.3 Å². The summed E-state index contributed by atoms with van der Waals surface area (Å²) < 4.78 is 44.2. The molecule has 0 bridgehead atoms. The Morgan fingerprint density at radius 3 is 2.28 bits per heavy atom. The largest absolute Gasteiger partial charge is 0.421 e. The van der Waals surface area contributed by atoms with Gasteiger partial charge in [-0.2, -0.15) is 18.3 Å². The summed E-state index contributed by atoms with van der Waals surface area (Å²) in [7, 11) is 0. The van der Waals surface area contributed by atoms with Crippen LogP contribution in [0, 0.1) is 6.92 Å². The highest BCUT2D eigenvalue weighted by Gasteiger charge is 2.67. The molecule has 2 amide bonds. The van der Waals surface area contributed by atoms with Crippen molar-refractivity contribution in [1.29, 1.82) is 0 Å². The maximum Gasteiger partial charge on any atom is 0.421 e. The van der Waals surface area contributed by atoms with E-state index < -0.39 is 30.0 Å². The minimum absolute atomic E-state index is 0.0887. The van der Waals surface area contributed by atoms with Crippen LogP contribution in [-0.2, 0) is 24.3 Å². The first kappa shape index (κ1) is 21.6. The van der Waals surface area contributed by atoms with E-state index in [0.717, 1.165) is 0 Å². The zero-order chi connectivity index (χ0) is 22.9. The Bertz CT molecular complexity index is 1130. The lowest BCUT2D eigenvalue weighted by Crippen LogP contribution is -2.71. The number of nitrogens with zero attached hydrogens (tertiary/aromatic N) is 2. The van der Waals surface area contributed by atoms with Crippen molar-refractivity contribution in [3.05, 3.63) is 88.7 Å². The summed E-state index contributed by atoms with van der Waals surface area (Å²) in [4.78, 5) is 27.1. The molecule has 32 heavy (non-hydrogen) atoms. The average molecular weight is 442 g/mol. The summed E-state index contributed by atoms with van der Waals surface area (Å²) in [5.41, 5.74) is -1.61. The minimum Gasteiger partial charge on any atom is -0.350 e. The van der Waals surface area contributed by atoms with Crippen molar-refractivity contribution in [2.45, 2.75) is 38.1 Å². The van der Waals surface area contributed by atoms with E-state index in [2.05, 4.69) is 15.5 Å². The number of carbonyl (C=O) groups excluding carboxylic acids is 2. The molecule has 1 aliphatic heterocycles. The first-order chi connectivity index (χ1) is 15.2. The van der Waals surface area contributed by atoms with E-state index >= 15 is 0 Å². The van der Waals surface area contributed by atoms with Crippen LogP contribution in [-0.4, -0.2) is 38.6 Å². The SMILES string of the molecule is Cc1[nH]nc2c1C[C@@](C(=O)NCc1ccccc1)(C(F)(F)F)N(Cc1ccccc1)C2=O. The maximum absolute atomic E-state index is 14.7. The summed E-state index contributed by atoms with van der Waals surface area (Å²) in [6.07, 6.45) is -5.74. The number of halogens is 3. The minimum atomic E-state index is -5.03. The number of rotatable bonds is 5. The van der Waals surface area contributed by atoms with E-state index in [9.17, 15) is 22.8 Å². The van der Waals surface area contributed by atoms with Crippen molar-refractivity contribution in [2.24, 2.45) is 0 Å². The van der Waals surface area contributed by atoms with E-state index in [1.165, 1.54) is 6.92 Å². The molecule has 0 aliphatic carbocycles. The third-order valence-corrected chi connectivity index (χ3v) is 5.74. The lowest BCUT2D eigenvalue weighted by atomic mass is 9.81. The number of amides is 2. The van der Waals surface area contributed by atoms with E-state index in [0.29, 0.717) is 21.7 Å². The number of alkyl halides is 3. The van der Waals surface area contributed by atoms with Crippen molar-refractivity contribution < 1.29 is 22.8 Å². The van der Waals surface area contributed by atoms with Crippen molar-refractivity contribution in [3.8, 4) is 0 Å². The van der Waals surface area contributed by atoms with Crippen LogP contribution >= 0.6 is 0 Å². The molecule has 0 saturated heterocycles. The second-order valence-corrected chi connectivity index (χ2v) is 7.76. The summed E-state index contributed by atoms with van der Waals surface area (Å²) in [6, 6.07) is 16.9. The van der Waals surface area contributed by atoms with Gasteiger partial charge in [-0.15, -0.1) is 0 Å². The Morgan fingerprint density at radius 1 is 1.09 bits per heavy atom. The van der Waals surface area contributed by atoms with Crippen molar-refractivity contribution >= 4 is 11.8 Å². The molecular formula is C23H21F3N4O2. The lowest BCUT2D eigenvalue weighted by molar-refractivity contribution is -0.224. The number of aromatic nitrogens is 2. The molecule has 1 atom stereocenters. The van der Waals surface area contributed by atoms with Gasteiger partial charge in [0, 0.05) is 30.8 Å². The van der Waals surface area contributed by atoms with Crippen LogP contribution in [0.5, 0.6) is 0 Å². The summed E-state index contributed by atoms with van der Waals surface area (Å²) in [5.74, 6) is -2.21. The molecule has 0 radical (unpaired) electrons. The van der Waals surface area contributed by atoms with Gasteiger partial charge in [0.05, 0.1) is 0 Å². The molecule has 6 nitrogen and oxygen atoms in total. The number of fused-ring (bicyclic) bond motifs is 1. The predicted molar refractivity (Wildman–Crippen MR) is 110 cm³/mol. The van der Waals surface area contributed by atoms with Gasteiger partial charge in [0.25, 0.3) is 11.8 Å². The van der Waals surface area contributed by atoms with Gasteiger partial charge in [-0.3, -0.25) is 14.7 Å². The Balaban J connectivity index is 1.79. The second-order valence-electron chi connectivity index (χ2n) is 7.76. The van der Waals surface area contributed by atoms with Gasteiger partial charge in [-0.25, -0.2) is 0 Å². The lowest BCUT2D eigenvalue weighted by Gasteiger charge is -2.45. The second kappa shape index (κ2) is 8.14. The zero-order valence-electron chi connectivity index (χ0n) is 17.2. The van der Waals surface area contributed by atoms with Crippen LogP contribution in [0.15, 0.2) is 60.7 Å². The number of hydrogen-bond donors (Lipinski definition) is 2. The highest BCUT2D eigenvalue weighted by molar-refractivity contribution is 6.02. The van der Waals surface area contributed by atoms with E-state index in [4.69, 9.17) is 0 Å². The van der Waals surface area contributed by atoms with Crippen molar-refractivity contribution in [2.75, 3.05) is 0 Å². The molecule has 1 aliphatic rings. The molecule has 2 aromatic carbocycles. The molecule has 3 aromatic rings. The van der Waals surface area contributed by atoms with Crippen LogP contribution in [0.3, 0.4) is 0 Å². The molecular weight excluding hydrogens is 421 g/mol. The molecule has 0 spiro atoms. The first-order valence-corrected chi connectivity index (χ1v) is 10.0. The monoisotopic (exact) mass is 442 g/mol. The van der Waals surface area contributed by atoms with Crippen molar-refractivity contribution in [3.63, 3.8) is 0 Å². The van der Waals surface area contributed by atoms with Crippen LogP contribution < -0.4 is 5.32 Å². The van der Waals surface area contributed by atoms with E-state index in [1.807, 2.05) is 0 Å². The molecule has 2 N–H and O–H groups in total. The molecule has 2 heterocycles. The maximum atomic E-state index is 14.7. The average Bonchev–Trinajstić information content (AvgIpc) is 3.15. The van der Waals surface area contributed by atoms with Gasteiger partial charge >= 0.3 is 6.18 Å². The number of benzene rings is 2. The predicted octanol–water partition coefficient (Wildman–Crippen LogP) is 3.53. The van der Waals surface area contributed by atoms with Gasteiger partial charge in [-0.1, -0.05) is 60.7 Å². The molecule has 1 aromatic heterocycles. The topological polar surface area (TPSA) is 78.1 Å². The molecule has 9 heteroatoms. The fourth-order valence-corrected chi connectivity index (χ4v) is 3.98. The first-order valence-electron chi connectivity index (χ1n) is 10.0. The normalized spacial score (nSPS) is 18.4. The summed E-state index contributed by atoms with van der Waals surface area (Å²) >= 11 is 0. The van der Waals surface area contributed by atoms with Gasteiger partial charge in [-0.05, 0) is 18.1 Å². The molecule has 0 unspecified atom stereocenters. The third kappa shape index (κ3) is 3.63. The quantitative estimate of drug-likeness (QED) is 0.635. The fourth-order valence-electron chi connectivity index (χ4n) is 3.98. The fraction of sp³-hybridized carbons (Fsp3) is 0.261. The standard InChI is InChI=1S/C23H21F3N4O2/c1-15-18-12-22(23(24,25)26,21(32)27-13-16-8-4-2-5-9-16)30(20(31)19(18)29-28-15)14-17-10-6-3-7-11-17/h2-11H,12-14H2,1H3,(H,27,32)(H,28,29)/t22-/m1/s1. The number of aryl methyl sites for hydroxylation is 1. The van der Waals surface area contributed by atoms with Crippen LogP contribution in [0.2, 0.25) is 0 Å². The highest BCUT2D eigenvalue weighted by atomic mass is 19.4. The van der Waals surface area contributed by atoms with Gasteiger partial charge in [0.15, 0.2) is 5.69 Å². The summed E-state index contributed by atoms with van der Waals surface area (Å²) in [6.45, 7) is 1.06. The van der Waals surface area contributed by atoms with Gasteiger partial charge < -0.3 is 10.2 Å².